The van der Waals surface area contributed by atoms with Gasteiger partial charge in [-0.05, 0) is 24.1 Å². The molecule has 1 heterocycles. The quantitative estimate of drug-likeness (QED) is 0.861. The number of fused-ring (bicyclic) bond motifs is 1. The Bertz CT molecular complexity index is 633. The molecule has 1 aliphatic heterocycles. The van der Waals surface area contributed by atoms with Gasteiger partial charge >= 0.3 is 0 Å². The minimum atomic E-state index is -0.127. The number of nitrogens with zero attached hydrogens (tertiary/aromatic N) is 2. The van der Waals surface area contributed by atoms with Crippen LogP contribution in [0.25, 0.3) is 0 Å². The predicted octanol–water partition coefficient (Wildman–Crippen LogP) is 3.58. The lowest BCUT2D eigenvalue weighted by atomic mass is 10.00. The van der Waals surface area contributed by atoms with Gasteiger partial charge in [0.05, 0.1) is 24.3 Å². The van der Waals surface area contributed by atoms with E-state index in [9.17, 15) is 5.26 Å². The molecule has 0 amide bonds. The SMILES string of the molecule is N#CC(CN1CCCOc2ccccc21)c1ccccc1. The van der Waals surface area contributed by atoms with E-state index in [1.165, 1.54) is 0 Å². The highest BCUT2D eigenvalue weighted by Crippen LogP contribution is 2.32. The Hall–Kier alpha value is -2.47. The van der Waals surface area contributed by atoms with Crippen molar-refractivity contribution in [2.45, 2.75) is 12.3 Å². The van der Waals surface area contributed by atoms with Crippen molar-refractivity contribution < 1.29 is 4.74 Å². The molecule has 0 spiro atoms. The number of ether oxygens (including phenoxy) is 1. The number of anilines is 1. The van der Waals surface area contributed by atoms with Crippen LogP contribution in [0.3, 0.4) is 0 Å². The fourth-order valence-corrected chi connectivity index (χ4v) is 2.71. The number of hydrogen-bond acceptors (Lipinski definition) is 3. The average Bonchev–Trinajstić information content (AvgIpc) is 2.76. The molecule has 2 aromatic rings. The number of nitriles is 1. The number of hydrogen-bond donors (Lipinski definition) is 0. The van der Waals surface area contributed by atoms with E-state index in [0.29, 0.717) is 6.54 Å². The summed E-state index contributed by atoms with van der Waals surface area (Å²) in [6.45, 7) is 2.35. The van der Waals surface area contributed by atoms with Gasteiger partial charge < -0.3 is 9.64 Å². The van der Waals surface area contributed by atoms with Crippen molar-refractivity contribution in [2.75, 3.05) is 24.6 Å². The van der Waals surface area contributed by atoms with Gasteiger partial charge in [-0.3, -0.25) is 0 Å². The molecule has 21 heavy (non-hydrogen) atoms. The maximum atomic E-state index is 9.52. The lowest BCUT2D eigenvalue weighted by Gasteiger charge is -2.26. The first-order valence-corrected chi connectivity index (χ1v) is 7.30. The summed E-state index contributed by atoms with van der Waals surface area (Å²) in [4.78, 5) is 2.27. The van der Waals surface area contributed by atoms with Crippen LogP contribution in [0, 0.1) is 11.3 Å². The summed E-state index contributed by atoms with van der Waals surface area (Å²) in [6, 6.07) is 20.5. The van der Waals surface area contributed by atoms with Crippen LogP contribution < -0.4 is 9.64 Å². The number of rotatable bonds is 3. The molecule has 0 saturated heterocycles. The minimum absolute atomic E-state index is 0.127. The molecule has 0 saturated carbocycles. The second-order valence-corrected chi connectivity index (χ2v) is 5.21. The average molecular weight is 278 g/mol. The molecule has 0 aromatic heterocycles. The normalized spacial score (nSPS) is 15.3. The van der Waals surface area contributed by atoms with Gasteiger partial charge in [-0.2, -0.15) is 5.26 Å². The zero-order valence-corrected chi connectivity index (χ0v) is 11.9. The Morgan fingerprint density at radius 1 is 1.10 bits per heavy atom. The van der Waals surface area contributed by atoms with E-state index in [1.54, 1.807) is 0 Å². The molecule has 1 unspecified atom stereocenters. The van der Waals surface area contributed by atoms with Crippen molar-refractivity contribution in [3.63, 3.8) is 0 Å². The number of benzene rings is 2. The maximum Gasteiger partial charge on any atom is 0.142 e. The van der Waals surface area contributed by atoms with E-state index in [-0.39, 0.29) is 5.92 Å². The van der Waals surface area contributed by atoms with Gasteiger partial charge in [0.1, 0.15) is 5.75 Å². The van der Waals surface area contributed by atoms with Crippen molar-refractivity contribution in [3.05, 3.63) is 60.2 Å². The van der Waals surface area contributed by atoms with Crippen LogP contribution in [0.15, 0.2) is 54.6 Å². The highest BCUT2D eigenvalue weighted by Gasteiger charge is 2.20. The first kappa shape index (κ1) is 13.5. The Morgan fingerprint density at radius 2 is 1.86 bits per heavy atom. The molecule has 0 N–H and O–H groups in total. The molecule has 0 radical (unpaired) electrons. The summed E-state index contributed by atoms with van der Waals surface area (Å²) in [5.74, 6) is 0.789. The zero-order valence-electron chi connectivity index (χ0n) is 11.9. The van der Waals surface area contributed by atoms with Gasteiger partial charge in [0.2, 0.25) is 0 Å². The summed E-state index contributed by atoms with van der Waals surface area (Å²) in [5.41, 5.74) is 2.16. The smallest absolute Gasteiger partial charge is 0.142 e. The first-order valence-electron chi connectivity index (χ1n) is 7.30. The second kappa shape index (κ2) is 6.32. The van der Waals surface area contributed by atoms with Crippen molar-refractivity contribution in [1.82, 2.24) is 0 Å². The van der Waals surface area contributed by atoms with Crippen molar-refractivity contribution in [3.8, 4) is 11.8 Å². The fourth-order valence-electron chi connectivity index (χ4n) is 2.71. The maximum absolute atomic E-state index is 9.52. The third-order valence-corrected chi connectivity index (χ3v) is 3.80. The zero-order chi connectivity index (χ0) is 14.5. The molecule has 1 aliphatic rings. The molecular formula is C18H18N2O. The Balaban J connectivity index is 1.85. The highest BCUT2D eigenvalue weighted by atomic mass is 16.5. The van der Waals surface area contributed by atoms with Crippen LogP contribution in [-0.4, -0.2) is 19.7 Å². The lowest BCUT2D eigenvalue weighted by molar-refractivity contribution is 0.322. The lowest BCUT2D eigenvalue weighted by Crippen LogP contribution is -2.28. The third kappa shape index (κ3) is 3.00. The van der Waals surface area contributed by atoms with Crippen molar-refractivity contribution in [1.29, 1.82) is 5.26 Å². The molecule has 3 rings (SSSR count). The standard InChI is InChI=1S/C18H18N2O/c19-13-16(15-7-2-1-3-8-15)14-20-11-6-12-21-18-10-5-4-9-17(18)20/h1-5,7-10,16H,6,11-12,14H2. The van der Waals surface area contributed by atoms with Crippen LogP contribution in [-0.2, 0) is 0 Å². The Labute approximate surface area is 125 Å². The van der Waals surface area contributed by atoms with Gasteiger partial charge in [-0.1, -0.05) is 42.5 Å². The molecule has 0 fully saturated rings. The summed E-state index contributed by atoms with van der Waals surface area (Å²) < 4.78 is 5.78. The summed E-state index contributed by atoms with van der Waals surface area (Å²) in [6.07, 6.45) is 0.974. The minimum Gasteiger partial charge on any atom is -0.491 e. The first-order chi connectivity index (χ1) is 10.4. The molecule has 3 nitrogen and oxygen atoms in total. The van der Waals surface area contributed by atoms with Crippen LogP contribution in [0.2, 0.25) is 0 Å². The van der Waals surface area contributed by atoms with Gasteiger partial charge in [-0.25, -0.2) is 0 Å². The van der Waals surface area contributed by atoms with Gasteiger partial charge in [0.25, 0.3) is 0 Å². The second-order valence-electron chi connectivity index (χ2n) is 5.21. The van der Waals surface area contributed by atoms with Crippen LogP contribution in [0.5, 0.6) is 5.75 Å². The van der Waals surface area contributed by atoms with E-state index in [2.05, 4.69) is 17.0 Å². The predicted molar refractivity (Wildman–Crippen MR) is 83.6 cm³/mol. The summed E-state index contributed by atoms with van der Waals surface area (Å²) >= 11 is 0. The highest BCUT2D eigenvalue weighted by molar-refractivity contribution is 5.59. The van der Waals surface area contributed by atoms with Gasteiger partial charge in [0.15, 0.2) is 0 Å². The molecule has 0 aliphatic carbocycles. The van der Waals surface area contributed by atoms with Gasteiger partial charge in [-0.15, -0.1) is 0 Å². The molecule has 0 bridgehead atoms. The van der Waals surface area contributed by atoms with Crippen molar-refractivity contribution in [2.24, 2.45) is 0 Å². The molecule has 1 atom stereocenters. The Kier molecular flexibility index (Phi) is 4.07. The van der Waals surface area contributed by atoms with Gasteiger partial charge in [0, 0.05) is 13.1 Å². The number of para-hydroxylation sites is 2. The van der Waals surface area contributed by atoms with E-state index in [1.807, 2.05) is 48.5 Å². The fraction of sp³-hybridized carbons (Fsp3) is 0.278. The van der Waals surface area contributed by atoms with E-state index >= 15 is 0 Å². The topological polar surface area (TPSA) is 36.3 Å². The van der Waals surface area contributed by atoms with E-state index in [0.717, 1.165) is 36.6 Å². The largest absolute Gasteiger partial charge is 0.491 e. The monoisotopic (exact) mass is 278 g/mol. The molecule has 2 aromatic carbocycles. The Morgan fingerprint density at radius 3 is 2.67 bits per heavy atom. The molecule has 3 heteroatoms. The van der Waals surface area contributed by atoms with E-state index < -0.39 is 0 Å². The summed E-state index contributed by atoms with van der Waals surface area (Å²) in [7, 11) is 0. The van der Waals surface area contributed by atoms with Crippen LogP contribution in [0.1, 0.15) is 17.9 Å². The van der Waals surface area contributed by atoms with Crippen LogP contribution in [0.4, 0.5) is 5.69 Å². The van der Waals surface area contributed by atoms with E-state index in [4.69, 9.17) is 4.74 Å². The third-order valence-electron chi connectivity index (χ3n) is 3.80. The molecular weight excluding hydrogens is 260 g/mol. The summed E-state index contributed by atoms with van der Waals surface area (Å²) in [5, 5.41) is 9.52. The van der Waals surface area contributed by atoms with Crippen LogP contribution >= 0.6 is 0 Å². The van der Waals surface area contributed by atoms with Crippen molar-refractivity contribution >= 4 is 5.69 Å². The molecule has 106 valence electrons.